The number of hydrogen-bond acceptors (Lipinski definition) is 2. The molecule has 0 bridgehead atoms. The van der Waals surface area contributed by atoms with E-state index in [0.717, 1.165) is 18.0 Å². The van der Waals surface area contributed by atoms with E-state index in [9.17, 15) is 0 Å². The molecule has 3 aliphatic rings. The van der Waals surface area contributed by atoms with E-state index in [0.29, 0.717) is 5.41 Å². The van der Waals surface area contributed by atoms with Gasteiger partial charge in [0, 0.05) is 18.6 Å². The van der Waals surface area contributed by atoms with E-state index in [1.54, 1.807) is 0 Å². The Morgan fingerprint density at radius 2 is 2.07 bits per heavy atom. The molecule has 2 saturated heterocycles. The second-order valence-electron chi connectivity index (χ2n) is 6.17. The van der Waals surface area contributed by atoms with Gasteiger partial charge in [0.15, 0.2) is 0 Å². The van der Waals surface area contributed by atoms with Crippen molar-refractivity contribution in [3.05, 3.63) is 0 Å². The van der Waals surface area contributed by atoms with Crippen molar-refractivity contribution < 1.29 is 0 Å². The average molecular weight is 208 g/mol. The number of rotatable bonds is 1. The van der Waals surface area contributed by atoms with Crippen molar-refractivity contribution in [3.8, 4) is 0 Å². The lowest BCUT2D eigenvalue weighted by atomic mass is 9.70. The fourth-order valence-electron chi connectivity index (χ4n) is 3.84. The molecule has 1 saturated carbocycles. The molecule has 0 amide bonds. The minimum absolute atomic E-state index is 0.660. The fourth-order valence-corrected chi connectivity index (χ4v) is 3.84. The molecule has 2 heteroatoms. The van der Waals surface area contributed by atoms with Crippen LogP contribution in [0.3, 0.4) is 0 Å². The molecule has 0 radical (unpaired) electrons. The zero-order valence-corrected chi connectivity index (χ0v) is 10.1. The van der Waals surface area contributed by atoms with Gasteiger partial charge in [-0.2, -0.15) is 0 Å². The Kier molecular flexibility index (Phi) is 2.33. The summed E-state index contributed by atoms with van der Waals surface area (Å²) >= 11 is 0. The van der Waals surface area contributed by atoms with Gasteiger partial charge >= 0.3 is 0 Å². The number of likely N-dealkylation sites (tertiary alicyclic amines) is 1. The predicted octanol–water partition coefficient (Wildman–Crippen LogP) is 1.86. The molecule has 3 rings (SSSR count). The molecule has 1 N–H and O–H groups in total. The van der Waals surface area contributed by atoms with E-state index in [4.69, 9.17) is 0 Å². The van der Waals surface area contributed by atoms with Crippen molar-refractivity contribution in [1.29, 1.82) is 0 Å². The van der Waals surface area contributed by atoms with Gasteiger partial charge in [0.2, 0.25) is 0 Å². The summed E-state index contributed by atoms with van der Waals surface area (Å²) in [6.45, 7) is 8.78. The van der Waals surface area contributed by atoms with Crippen LogP contribution in [-0.2, 0) is 0 Å². The molecular formula is C13H24N2. The van der Waals surface area contributed by atoms with Gasteiger partial charge in [0.05, 0.1) is 0 Å². The summed E-state index contributed by atoms with van der Waals surface area (Å²) in [5, 5.41) is 3.54. The maximum atomic E-state index is 3.54. The summed E-state index contributed by atoms with van der Waals surface area (Å²) in [6.07, 6.45) is 5.79. The molecule has 0 aromatic rings. The summed E-state index contributed by atoms with van der Waals surface area (Å²) in [5.41, 5.74) is 0.660. The quantitative estimate of drug-likeness (QED) is 0.707. The van der Waals surface area contributed by atoms with Crippen molar-refractivity contribution in [2.24, 2.45) is 11.3 Å². The second-order valence-corrected chi connectivity index (χ2v) is 6.17. The highest BCUT2D eigenvalue weighted by atomic mass is 15.2. The Morgan fingerprint density at radius 3 is 2.73 bits per heavy atom. The summed E-state index contributed by atoms with van der Waals surface area (Å²) < 4.78 is 0. The third-order valence-electron chi connectivity index (χ3n) is 5.08. The highest BCUT2D eigenvalue weighted by molar-refractivity contribution is 5.03. The number of nitrogens with zero attached hydrogens (tertiary/aromatic N) is 1. The maximum absolute atomic E-state index is 3.54. The summed E-state index contributed by atoms with van der Waals surface area (Å²) in [7, 11) is 0. The molecule has 2 aliphatic heterocycles. The standard InChI is InChI=1S/C13H24N2/c1-10-8-14-6-5-13(10)7-11(2)15(9-13)12-3-4-12/h10-12,14H,3-9H2,1-2H3. The number of nitrogens with one attached hydrogen (secondary N) is 1. The van der Waals surface area contributed by atoms with E-state index in [2.05, 4.69) is 24.1 Å². The van der Waals surface area contributed by atoms with Gasteiger partial charge in [-0.05, 0) is 57.0 Å². The van der Waals surface area contributed by atoms with Crippen molar-refractivity contribution in [1.82, 2.24) is 10.2 Å². The highest BCUT2D eigenvalue weighted by Gasteiger charge is 2.49. The minimum atomic E-state index is 0.660. The second kappa shape index (κ2) is 3.46. The molecule has 0 aromatic carbocycles. The van der Waals surface area contributed by atoms with Crippen molar-refractivity contribution in [2.75, 3.05) is 19.6 Å². The van der Waals surface area contributed by atoms with Crippen LogP contribution < -0.4 is 5.32 Å². The first-order chi connectivity index (χ1) is 7.21. The summed E-state index contributed by atoms with van der Waals surface area (Å²) in [6, 6.07) is 1.81. The predicted molar refractivity (Wildman–Crippen MR) is 62.9 cm³/mol. The Bertz CT molecular complexity index is 249. The van der Waals surface area contributed by atoms with E-state index in [1.807, 2.05) is 0 Å². The molecule has 1 spiro atoms. The van der Waals surface area contributed by atoms with Gasteiger partial charge in [0.1, 0.15) is 0 Å². The van der Waals surface area contributed by atoms with Crippen LogP contribution in [0, 0.1) is 11.3 Å². The van der Waals surface area contributed by atoms with Gasteiger partial charge < -0.3 is 5.32 Å². The third kappa shape index (κ3) is 1.62. The van der Waals surface area contributed by atoms with E-state index in [-0.39, 0.29) is 0 Å². The molecule has 1 aliphatic carbocycles. The number of hydrogen-bond donors (Lipinski definition) is 1. The normalized spacial score (nSPS) is 47.6. The molecule has 86 valence electrons. The van der Waals surface area contributed by atoms with Crippen molar-refractivity contribution in [2.45, 2.75) is 51.6 Å². The van der Waals surface area contributed by atoms with E-state index < -0.39 is 0 Å². The van der Waals surface area contributed by atoms with Crippen LogP contribution >= 0.6 is 0 Å². The Labute approximate surface area is 93.4 Å². The fraction of sp³-hybridized carbons (Fsp3) is 1.00. The lowest BCUT2D eigenvalue weighted by Crippen LogP contribution is -2.45. The molecular weight excluding hydrogens is 184 g/mol. The lowest BCUT2D eigenvalue weighted by Gasteiger charge is -2.40. The highest BCUT2D eigenvalue weighted by Crippen LogP contribution is 2.48. The Balaban J connectivity index is 1.76. The first-order valence-corrected chi connectivity index (χ1v) is 6.68. The van der Waals surface area contributed by atoms with Crippen LogP contribution in [0.25, 0.3) is 0 Å². The smallest absolute Gasteiger partial charge is 0.00994 e. The van der Waals surface area contributed by atoms with E-state index in [1.165, 1.54) is 45.3 Å². The molecule has 3 unspecified atom stereocenters. The van der Waals surface area contributed by atoms with Gasteiger partial charge in [0.25, 0.3) is 0 Å². The molecule has 3 fully saturated rings. The molecule has 3 atom stereocenters. The minimum Gasteiger partial charge on any atom is -0.316 e. The first kappa shape index (κ1) is 10.1. The van der Waals surface area contributed by atoms with Crippen LogP contribution in [0.5, 0.6) is 0 Å². The third-order valence-corrected chi connectivity index (χ3v) is 5.08. The SMILES string of the molecule is CC1CC2(CCNCC2C)CN1C1CC1. The van der Waals surface area contributed by atoms with Gasteiger partial charge in [-0.25, -0.2) is 0 Å². The Hall–Kier alpha value is -0.0800. The van der Waals surface area contributed by atoms with E-state index >= 15 is 0 Å². The summed E-state index contributed by atoms with van der Waals surface area (Å²) in [4.78, 5) is 2.81. The monoisotopic (exact) mass is 208 g/mol. The first-order valence-electron chi connectivity index (χ1n) is 6.68. The van der Waals surface area contributed by atoms with Gasteiger partial charge in [-0.3, -0.25) is 4.90 Å². The van der Waals surface area contributed by atoms with Crippen molar-refractivity contribution >= 4 is 0 Å². The zero-order chi connectivity index (χ0) is 10.5. The average Bonchev–Trinajstić information content (AvgIpc) is 2.98. The molecule has 2 nitrogen and oxygen atoms in total. The van der Waals surface area contributed by atoms with Crippen LogP contribution in [-0.4, -0.2) is 36.6 Å². The maximum Gasteiger partial charge on any atom is 0.00994 e. The zero-order valence-electron chi connectivity index (χ0n) is 10.1. The topological polar surface area (TPSA) is 15.3 Å². The van der Waals surface area contributed by atoms with Crippen molar-refractivity contribution in [3.63, 3.8) is 0 Å². The Morgan fingerprint density at radius 1 is 1.27 bits per heavy atom. The largest absolute Gasteiger partial charge is 0.316 e. The molecule has 2 heterocycles. The van der Waals surface area contributed by atoms with Crippen LogP contribution in [0.15, 0.2) is 0 Å². The molecule has 0 aromatic heterocycles. The van der Waals surface area contributed by atoms with Gasteiger partial charge in [-0.15, -0.1) is 0 Å². The lowest BCUT2D eigenvalue weighted by molar-refractivity contribution is 0.124. The van der Waals surface area contributed by atoms with Crippen LogP contribution in [0.2, 0.25) is 0 Å². The number of piperidine rings is 1. The summed E-state index contributed by atoms with van der Waals surface area (Å²) in [5.74, 6) is 0.873. The van der Waals surface area contributed by atoms with Crippen LogP contribution in [0.4, 0.5) is 0 Å². The van der Waals surface area contributed by atoms with Gasteiger partial charge in [-0.1, -0.05) is 6.92 Å². The van der Waals surface area contributed by atoms with Crippen LogP contribution in [0.1, 0.15) is 39.5 Å². The molecule has 15 heavy (non-hydrogen) atoms.